The topological polar surface area (TPSA) is 161 Å². The molecule has 0 aliphatic carbocycles. The van der Waals surface area contributed by atoms with Crippen LogP contribution in [0.4, 0.5) is 0 Å². The zero-order valence-electron chi connectivity index (χ0n) is 6.80. The Hall–Kier alpha value is 1.53. The molecule has 0 spiro atoms. The Labute approximate surface area is 126 Å². The summed E-state index contributed by atoms with van der Waals surface area (Å²) in [5, 5.41) is 0. The van der Waals surface area contributed by atoms with Crippen LogP contribution >= 0.6 is 0 Å². The summed E-state index contributed by atoms with van der Waals surface area (Å²) in [6.07, 6.45) is 0. The molecule has 0 aromatic carbocycles. The van der Waals surface area contributed by atoms with Crippen molar-refractivity contribution in [3.8, 4) is 0 Å². The van der Waals surface area contributed by atoms with Gasteiger partial charge >= 0.3 is 85.8 Å². The van der Waals surface area contributed by atoms with E-state index in [4.69, 9.17) is 9.11 Å². The molecule has 0 bridgehead atoms. The molecule has 2 N–H and O–H groups in total. The Morgan fingerprint density at radius 1 is 0.667 bits per heavy atom. The van der Waals surface area contributed by atoms with Crippen molar-refractivity contribution in [2.24, 2.45) is 0 Å². The van der Waals surface area contributed by atoms with E-state index in [9.17, 15) is 25.3 Å². The van der Waals surface area contributed by atoms with Gasteiger partial charge in [-0.15, -0.1) is 0 Å². The summed E-state index contributed by atoms with van der Waals surface area (Å²) in [6.45, 7) is 0. The first-order valence-electron chi connectivity index (χ1n) is 2.03. The number of hydrogen-bond acceptors (Lipinski definition) is 8. The monoisotopic (exact) mass is 678 g/mol. The Kier molecular flexibility index (Phi) is 10.3. The van der Waals surface area contributed by atoms with Gasteiger partial charge in [-0.25, -0.2) is 0 Å². The summed E-state index contributed by atoms with van der Waals surface area (Å²) in [6, 6.07) is 0. The summed E-state index contributed by atoms with van der Waals surface area (Å²) in [4.78, 5) is 0. The van der Waals surface area contributed by atoms with Gasteiger partial charge in [0.15, 0.2) is 0 Å². The minimum atomic E-state index is -5.57. The van der Waals surface area contributed by atoms with Crippen molar-refractivity contribution < 1.29 is 41.6 Å². The number of hydrogen-bond donors (Lipinski definition) is 2. The molecule has 0 aromatic rings. The van der Waals surface area contributed by atoms with Crippen LogP contribution in [-0.4, -0.2) is 89.0 Å². The predicted molar refractivity (Wildman–Crippen MR) is 51.3 cm³/mol. The van der Waals surface area contributed by atoms with Gasteiger partial charge in [-0.1, -0.05) is 7.26 Å². The van der Waals surface area contributed by atoms with Crippen LogP contribution < -0.4 is 0 Å². The molecule has 0 aliphatic heterocycles. The fraction of sp³-hybridized carbons (Fsp3) is 0. The molecule has 0 aliphatic rings. The van der Waals surface area contributed by atoms with Crippen LogP contribution in [0.25, 0.3) is 0 Å². The Morgan fingerprint density at radius 2 is 0.867 bits per heavy atom. The molecule has 92 valence electrons. The standard InChI is InChI=1S/H2O10S3.2Pb.4H/c1-11(2,3)9-13(7,8)10-12(4,5)6;;;;;;/h(H,1,2,3)(H,4,5,6);;;;;;. The first-order valence-corrected chi connectivity index (χ1v) is 6.10. The van der Waals surface area contributed by atoms with Crippen LogP contribution in [0.15, 0.2) is 0 Å². The zero-order chi connectivity index (χ0) is 10.9. The van der Waals surface area contributed by atoms with Crippen molar-refractivity contribution >= 4 is 85.8 Å². The average Bonchev–Trinajstić information content (AvgIpc) is 1.43. The van der Waals surface area contributed by atoms with Gasteiger partial charge in [0.05, 0.1) is 0 Å². The second-order valence-electron chi connectivity index (χ2n) is 1.40. The molecule has 0 rings (SSSR count). The second kappa shape index (κ2) is 7.08. The van der Waals surface area contributed by atoms with E-state index < -0.39 is 31.2 Å². The first-order chi connectivity index (χ1) is 5.41. The molecule has 0 fully saturated rings. The van der Waals surface area contributed by atoms with E-state index in [0.29, 0.717) is 0 Å². The fourth-order valence-corrected chi connectivity index (χ4v) is 2.20. The summed E-state index contributed by atoms with van der Waals surface area (Å²) in [5.74, 6) is 0. The van der Waals surface area contributed by atoms with Gasteiger partial charge in [0.2, 0.25) is 0 Å². The molecule has 0 amide bonds. The maximum absolute atomic E-state index is 10.1. The summed E-state index contributed by atoms with van der Waals surface area (Å²) in [7, 11) is -16.5. The van der Waals surface area contributed by atoms with Crippen molar-refractivity contribution in [3.05, 3.63) is 0 Å². The maximum atomic E-state index is 10.1. The second-order valence-corrected chi connectivity index (χ2v) is 5.02. The van der Waals surface area contributed by atoms with Crippen LogP contribution in [0.3, 0.4) is 0 Å². The van der Waals surface area contributed by atoms with Crippen molar-refractivity contribution in [1.82, 2.24) is 0 Å². The molecule has 0 saturated heterocycles. The average molecular weight is 677 g/mol. The van der Waals surface area contributed by atoms with E-state index in [1.165, 1.54) is 0 Å². The predicted octanol–water partition coefficient (Wildman–Crippen LogP) is -3.96. The van der Waals surface area contributed by atoms with Crippen LogP contribution in [0.5, 0.6) is 0 Å². The molecule has 0 saturated carbocycles. The molecule has 10 nitrogen and oxygen atoms in total. The van der Waals surface area contributed by atoms with Gasteiger partial charge in [-0.05, 0) is 0 Å². The van der Waals surface area contributed by atoms with Gasteiger partial charge in [-0.3, -0.25) is 9.11 Å². The molecule has 15 heavy (non-hydrogen) atoms. The quantitative estimate of drug-likeness (QED) is 0.222. The molecule has 0 atom stereocenters. The van der Waals surface area contributed by atoms with Crippen LogP contribution in [0.2, 0.25) is 0 Å². The molecule has 4 radical (unpaired) electrons. The van der Waals surface area contributed by atoms with Gasteiger partial charge < -0.3 is 0 Å². The molecular weight excluding hydrogens is 671 g/mol. The Bertz CT molecular complexity index is 423. The third kappa shape index (κ3) is 15.5. The Balaban J connectivity index is -0.000000720. The normalized spacial score (nSPS) is 12.4. The van der Waals surface area contributed by atoms with Crippen molar-refractivity contribution in [2.45, 2.75) is 0 Å². The van der Waals surface area contributed by atoms with Crippen LogP contribution in [0, 0.1) is 0 Å². The minimum absolute atomic E-state index is 0. The van der Waals surface area contributed by atoms with Gasteiger partial charge in [0.1, 0.15) is 0 Å². The van der Waals surface area contributed by atoms with Crippen LogP contribution in [-0.2, 0) is 38.5 Å². The summed E-state index contributed by atoms with van der Waals surface area (Å²) < 4.78 is 80.2. The summed E-state index contributed by atoms with van der Waals surface area (Å²) in [5.41, 5.74) is 0. The van der Waals surface area contributed by atoms with E-state index in [2.05, 4.69) is 7.26 Å². The van der Waals surface area contributed by atoms with E-state index in [1.54, 1.807) is 0 Å². The molecule has 15 heteroatoms. The van der Waals surface area contributed by atoms with E-state index >= 15 is 0 Å². The van der Waals surface area contributed by atoms with Crippen molar-refractivity contribution in [2.75, 3.05) is 0 Å². The SMILES string of the molecule is O=S(=O)(O)OS(=O)(=O)OS(=O)(=O)O.[PbH2].[PbH2]. The molecule has 0 unspecified atom stereocenters. The third-order valence-corrected chi connectivity index (χ3v) is 3.05. The van der Waals surface area contributed by atoms with Crippen molar-refractivity contribution in [1.29, 1.82) is 0 Å². The molecular formula is H6O10Pb2S3. The fourth-order valence-electron chi connectivity index (χ4n) is 0.222. The van der Waals surface area contributed by atoms with E-state index in [-0.39, 0.29) is 54.6 Å². The number of rotatable bonds is 4. The van der Waals surface area contributed by atoms with Gasteiger partial charge in [0.25, 0.3) is 0 Å². The van der Waals surface area contributed by atoms with E-state index in [1.807, 2.05) is 0 Å². The van der Waals surface area contributed by atoms with Gasteiger partial charge in [-0.2, -0.15) is 25.3 Å². The first kappa shape index (κ1) is 21.8. The van der Waals surface area contributed by atoms with E-state index in [0.717, 1.165) is 0 Å². The summed E-state index contributed by atoms with van der Waals surface area (Å²) >= 11 is 0. The Morgan fingerprint density at radius 3 is 1.00 bits per heavy atom. The van der Waals surface area contributed by atoms with Crippen LogP contribution in [0.1, 0.15) is 0 Å². The third-order valence-electron chi connectivity index (χ3n) is 0.339. The van der Waals surface area contributed by atoms with Gasteiger partial charge in [0, 0.05) is 0 Å². The molecule has 0 aromatic heterocycles. The van der Waals surface area contributed by atoms with Crippen molar-refractivity contribution in [3.63, 3.8) is 0 Å². The molecule has 0 heterocycles. The zero-order valence-corrected chi connectivity index (χ0v) is 20.2.